The Kier molecular flexibility index (Phi) is 6.19. The number of hydrogen-bond acceptors (Lipinski definition) is 6. The van der Waals surface area contributed by atoms with Gasteiger partial charge in [0.2, 0.25) is 0 Å². The Labute approximate surface area is 151 Å². The lowest BCUT2D eigenvalue weighted by Crippen LogP contribution is -2.21. The SMILES string of the molecule is COC(=O)c1sccc1NC(=O)COC(=O)c1ccc(Cl)cc1Cl. The zero-order valence-electron chi connectivity index (χ0n) is 12.3. The minimum Gasteiger partial charge on any atom is -0.465 e. The third-order valence-electron chi connectivity index (χ3n) is 2.80. The Morgan fingerprint density at radius 3 is 2.58 bits per heavy atom. The monoisotopic (exact) mass is 387 g/mol. The van der Waals surface area contributed by atoms with Crippen molar-refractivity contribution < 1.29 is 23.9 Å². The van der Waals surface area contributed by atoms with Crippen LogP contribution >= 0.6 is 34.5 Å². The van der Waals surface area contributed by atoms with Crippen molar-refractivity contribution in [3.05, 3.63) is 50.1 Å². The summed E-state index contributed by atoms with van der Waals surface area (Å²) in [4.78, 5) is 35.5. The number of nitrogens with one attached hydrogen (secondary N) is 1. The number of carbonyl (C=O) groups is 3. The van der Waals surface area contributed by atoms with Gasteiger partial charge in [-0.25, -0.2) is 9.59 Å². The number of thiophene rings is 1. The topological polar surface area (TPSA) is 81.7 Å². The van der Waals surface area contributed by atoms with E-state index in [4.69, 9.17) is 27.9 Å². The Morgan fingerprint density at radius 2 is 1.92 bits per heavy atom. The van der Waals surface area contributed by atoms with Crippen LogP contribution in [0, 0.1) is 0 Å². The van der Waals surface area contributed by atoms with Crippen LogP contribution < -0.4 is 5.32 Å². The number of anilines is 1. The van der Waals surface area contributed by atoms with Crippen molar-refractivity contribution >= 4 is 58.1 Å². The van der Waals surface area contributed by atoms with Gasteiger partial charge in [-0.2, -0.15) is 0 Å². The number of carbonyl (C=O) groups excluding carboxylic acids is 3. The lowest BCUT2D eigenvalue weighted by molar-refractivity contribution is -0.119. The fourth-order valence-electron chi connectivity index (χ4n) is 1.71. The minimum absolute atomic E-state index is 0.0969. The molecule has 9 heteroatoms. The summed E-state index contributed by atoms with van der Waals surface area (Å²) in [5, 5.41) is 4.60. The van der Waals surface area contributed by atoms with E-state index < -0.39 is 24.5 Å². The van der Waals surface area contributed by atoms with Crippen LogP contribution in [0.2, 0.25) is 10.0 Å². The molecule has 0 unspecified atom stereocenters. The second-order valence-electron chi connectivity index (χ2n) is 4.40. The molecule has 0 aliphatic carbocycles. The van der Waals surface area contributed by atoms with Crippen LogP contribution in [-0.4, -0.2) is 31.6 Å². The number of esters is 2. The van der Waals surface area contributed by atoms with Crippen LogP contribution in [0.1, 0.15) is 20.0 Å². The van der Waals surface area contributed by atoms with Crippen LogP contribution in [-0.2, 0) is 14.3 Å². The summed E-state index contributed by atoms with van der Waals surface area (Å²) in [5.41, 5.74) is 0.386. The van der Waals surface area contributed by atoms with Crippen LogP contribution in [0.5, 0.6) is 0 Å². The van der Waals surface area contributed by atoms with E-state index in [1.54, 1.807) is 11.4 Å². The van der Waals surface area contributed by atoms with Gasteiger partial charge in [-0.15, -0.1) is 11.3 Å². The highest BCUT2D eigenvalue weighted by molar-refractivity contribution is 7.12. The summed E-state index contributed by atoms with van der Waals surface area (Å²) < 4.78 is 9.50. The molecule has 1 heterocycles. The Morgan fingerprint density at radius 1 is 1.17 bits per heavy atom. The first-order valence-corrected chi connectivity index (χ1v) is 8.13. The normalized spacial score (nSPS) is 10.1. The van der Waals surface area contributed by atoms with Crippen molar-refractivity contribution in [2.24, 2.45) is 0 Å². The lowest BCUT2D eigenvalue weighted by atomic mass is 10.2. The third-order valence-corrected chi connectivity index (χ3v) is 4.24. The number of rotatable bonds is 5. The van der Waals surface area contributed by atoms with Crippen LogP contribution in [0.4, 0.5) is 5.69 Å². The Balaban J connectivity index is 1.95. The van der Waals surface area contributed by atoms with Gasteiger partial charge in [-0.1, -0.05) is 23.2 Å². The van der Waals surface area contributed by atoms with Crippen molar-refractivity contribution in [1.82, 2.24) is 0 Å². The van der Waals surface area contributed by atoms with Gasteiger partial charge in [0.15, 0.2) is 6.61 Å². The average molecular weight is 388 g/mol. The Hall–Kier alpha value is -2.09. The zero-order valence-corrected chi connectivity index (χ0v) is 14.6. The molecular formula is C15H11Cl2NO5S. The van der Waals surface area contributed by atoms with Crippen molar-refractivity contribution in [3.63, 3.8) is 0 Å². The van der Waals surface area contributed by atoms with Gasteiger partial charge in [-0.05, 0) is 29.6 Å². The Bertz CT molecular complexity index is 790. The molecule has 126 valence electrons. The molecule has 0 aliphatic heterocycles. The fourth-order valence-corrected chi connectivity index (χ4v) is 2.96. The highest BCUT2D eigenvalue weighted by atomic mass is 35.5. The first-order valence-electron chi connectivity index (χ1n) is 6.50. The van der Waals surface area contributed by atoms with Gasteiger partial charge < -0.3 is 14.8 Å². The maximum absolute atomic E-state index is 11.9. The molecule has 1 N–H and O–H groups in total. The summed E-state index contributed by atoms with van der Waals surface area (Å²) in [7, 11) is 1.24. The molecule has 6 nitrogen and oxygen atoms in total. The number of hydrogen-bond donors (Lipinski definition) is 1. The van der Waals surface area contributed by atoms with E-state index in [1.165, 1.54) is 25.3 Å². The number of benzene rings is 1. The molecule has 2 aromatic rings. The van der Waals surface area contributed by atoms with E-state index >= 15 is 0 Å². The van der Waals surface area contributed by atoms with Gasteiger partial charge in [0.05, 0.1) is 23.4 Å². The number of amides is 1. The molecule has 1 aromatic heterocycles. The van der Waals surface area contributed by atoms with Crippen molar-refractivity contribution in [1.29, 1.82) is 0 Å². The summed E-state index contributed by atoms with van der Waals surface area (Å²) in [6, 6.07) is 5.83. The summed E-state index contributed by atoms with van der Waals surface area (Å²) in [6.07, 6.45) is 0. The minimum atomic E-state index is -0.759. The molecule has 0 saturated carbocycles. The molecule has 0 saturated heterocycles. The van der Waals surface area contributed by atoms with E-state index in [0.29, 0.717) is 5.02 Å². The molecule has 0 fully saturated rings. The molecule has 0 bridgehead atoms. The van der Waals surface area contributed by atoms with E-state index in [9.17, 15) is 14.4 Å². The van der Waals surface area contributed by atoms with Crippen molar-refractivity contribution in [3.8, 4) is 0 Å². The first kappa shape index (κ1) is 18.3. The van der Waals surface area contributed by atoms with Gasteiger partial charge in [-0.3, -0.25) is 4.79 Å². The average Bonchev–Trinajstić information content (AvgIpc) is 3.00. The van der Waals surface area contributed by atoms with E-state index in [0.717, 1.165) is 11.3 Å². The largest absolute Gasteiger partial charge is 0.465 e. The van der Waals surface area contributed by atoms with Crippen molar-refractivity contribution in [2.75, 3.05) is 19.0 Å². The van der Waals surface area contributed by atoms with Gasteiger partial charge >= 0.3 is 11.9 Å². The maximum Gasteiger partial charge on any atom is 0.350 e. The molecule has 2 rings (SSSR count). The van der Waals surface area contributed by atoms with Crippen LogP contribution in [0.15, 0.2) is 29.6 Å². The van der Waals surface area contributed by atoms with Gasteiger partial charge in [0, 0.05) is 5.02 Å². The number of ether oxygens (including phenoxy) is 2. The zero-order chi connectivity index (χ0) is 17.7. The molecule has 0 atom stereocenters. The van der Waals surface area contributed by atoms with E-state index in [-0.39, 0.29) is 21.2 Å². The number of halogens is 2. The third kappa shape index (κ3) is 4.47. The predicted molar refractivity (Wildman–Crippen MR) is 91.0 cm³/mol. The molecule has 0 radical (unpaired) electrons. The van der Waals surface area contributed by atoms with Crippen molar-refractivity contribution in [2.45, 2.75) is 0 Å². The second-order valence-corrected chi connectivity index (χ2v) is 6.16. The molecule has 0 spiro atoms. The van der Waals surface area contributed by atoms with E-state index in [1.807, 2.05) is 0 Å². The van der Waals surface area contributed by atoms with Crippen LogP contribution in [0.25, 0.3) is 0 Å². The maximum atomic E-state index is 11.9. The summed E-state index contributed by atoms with van der Waals surface area (Å²) in [6.45, 7) is -0.533. The predicted octanol–water partition coefficient (Wildman–Crippen LogP) is 3.64. The first-order chi connectivity index (χ1) is 11.4. The molecule has 1 amide bonds. The van der Waals surface area contributed by atoms with E-state index in [2.05, 4.69) is 10.1 Å². The summed E-state index contributed by atoms with van der Waals surface area (Å²) in [5.74, 6) is -1.92. The standard InChI is InChI=1S/C15H11Cl2NO5S/c1-22-15(21)13-11(4-5-24-13)18-12(19)7-23-14(20)9-3-2-8(16)6-10(9)17/h2-6H,7H2,1H3,(H,18,19). The van der Waals surface area contributed by atoms with Crippen LogP contribution in [0.3, 0.4) is 0 Å². The second kappa shape index (κ2) is 8.14. The highest BCUT2D eigenvalue weighted by Crippen LogP contribution is 2.23. The molecular weight excluding hydrogens is 377 g/mol. The molecule has 0 aliphatic rings. The molecule has 24 heavy (non-hydrogen) atoms. The smallest absolute Gasteiger partial charge is 0.350 e. The highest BCUT2D eigenvalue weighted by Gasteiger charge is 2.17. The lowest BCUT2D eigenvalue weighted by Gasteiger charge is -2.08. The van der Waals surface area contributed by atoms with Gasteiger partial charge in [0.1, 0.15) is 4.88 Å². The number of methoxy groups -OCH3 is 1. The molecule has 1 aromatic carbocycles. The van der Waals surface area contributed by atoms with Gasteiger partial charge in [0.25, 0.3) is 5.91 Å². The fraction of sp³-hybridized carbons (Fsp3) is 0.133. The summed E-state index contributed by atoms with van der Waals surface area (Å²) >= 11 is 12.8. The quantitative estimate of drug-likeness (QED) is 0.791.